The second-order valence-corrected chi connectivity index (χ2v) is 27.1. The molecule has 8 heterocycles. The molecule has 0 atom stereocenters. The molecular formula is C52H73FN12O8S2. The lowest BCUT2D eigenvalue weighted by Gasteiger charge is -2.45. The highest BCUT2D eigenvalue weighted by Gasteiger charge is 2.46. The van der Waals surface area contributed by atoms with Crippen LogP contribution < -0.4 is 40.1 Å². The van der Waals surface area contributed by atoms with Crippen LogP contribution in [-0.4, -0.2) is 133 Å². The highest BCUT2D eigenvalue weighted by Crippen LogP contribution is 2.55. The summed E-state index contributed by atoms with van der Waals surface area (Å²) in [6, 6.07) is 15.0. The monoisotopic (exact) mass is 1080 g/mol. The van der Waals surface area contributed by atoms with Crippen molar-refractivity contribution in [1.82, 2.24) is 34.7 Å². The number of halogens is 1. The van der Waals surface area contributed by atoms with Crippen LogP contribution in [-0.2, 0) is 20.0 Å². The molecule has 4 aromatic rings. The maximum absolute atomic E-state index is 13.9. The Morgan fingerprint density at radius 1 is 0.573 bits per heavy atom. The Morgan fingerprint density at radius 2 is 0.973 bits per heavy atom. The van der Waals surface area contributed by atoms with Crippen molar-refractivity contribution in [2.45, 2.75) is 139 Å². The molecule has 7 N–H and O–H groups in total. The number of sulfonamides is 2. The molecule has 2 saturated carbocycles. The zero-order valence-electron chi connectivity index (χ0n) is 44.3. The molecule has 2 aliphatic carbocycles. The van der Waals surface area contributed by atoms with Gasteiger partial charge in [0.15, 0.2) is 10.1 Å². The third-order valence-electron chi connectivity index (χ3n) is 14.1. The van der Waals surface area contributed by atoms with Crippen molar-refractivity contribution < 1.29 is 41.0 Å². The summed E-state index contributed by atoms with van der Waals surface area (Å²) < 4.78 is 69.6. The zero-order valence-corrected chi connectivity index (χ0v) is 45.9. The molecule has 4 aromatic heterocycles. The first-order valence-corrected chi connectivity index (χ1v) is 28.6. The maximum Gasteiger partial charge on any atom is 0.260 e. The van der Waals surface area contributed by atoms with E-state index in [0.717, 1.165) is 76.8 Å². The molecule has 0 unspecified atom stereocenters. The lowest BCUT2D eigenvalue weighted by molar-refractivity contribution is 0.00876. The van der Waals surface area contributed by atoms with Crippen LogP contribution in [0.5, 0.6) is 0 Å². The Kier molecular flexibility index (Phi) is 15.5. The van der Waals surface area contributed by atoms with Crippen LogP contribution in [0, 0.1) is 16.8 Å². The maximum atomic E-state index is 13.9. The van der Waals surface area contributed by atoms with Gasteiger partial charge in [-0.1, -0.05) is 12.1 Å². The van der Waals surface area contributed by atoms with Crippen LogP contribution in [0.1, 0.15) is 127 Å². The summed E-state index contributed by atoms with van der Waals surface area (Å²) in [7, 11) is -7.71. The Hall–Kier alpha value is -5.43. The minimum atomic E-state index is -3.86. The fraction of sp³-hybridized carbons (Fsp3) is 0.577. The second kappa shape index (κ2) is 20.8. The minimum absolute atomic E-state index is 0.0811. The number of carbonyl (C=O) groups excluding carboxylic acids is 2. The molecule has 2 spiro atoms. The molecular weight excluding hydrogens is 1000 g/mol. The third-order valence-corrected chi connectivity index (χ3v) is 17.4. The molecule has 75 heavy (non-hydrogen) atoms. The Bertz CT molecular complexity index is 2980. The van der Waals surface area contributed by atoms with Gasteiger partial charge in [0, 0.05) is 63.4 Å². The van der Waals surface area contributed by atoms with Crippen molar-refractivity contribution in [1.29, 1.82) is 0 Å². The summed E-state index contributed by atoms with van der Waals surface area (Å²) >= 11 is 0. The summed E-state index contributed by atoms with van der Waals surface area (Å²) in [6.07, 6.45) is 9.21. The number of nitrogens with zero attached hydrogens (tertiary/aromatic N) is 7. The SMILES string of the molecule is CC(C)(C)NS(=O)(=O)c1cccc(NC(=O)c2ccc(F)nc2N2CCC3(CC2)CC3)n1.CC1(O)CN(c2ccc(C(=O)Nc3cccc(S(=O)(=O)NC(C)(C)C)n3)c(N3CCC4(CC3)CC4)n2)C1.CC1(O)CNC1. The highest BCUT2D eigenvalue weighted by atomic mass is 32.2. The van der Waals surface area contributed by atoms with Crippen LogP contribution in [0.25, 0.3) is 0 Å². The number of piperidine rings is 2. The van der Waals surface area contributed by atoms with Crippen LogP contribution in [0.3, 0.4) is 0 Å². The molecule has 4 saturated heterocycles. The normalized spacial score (nSPS) is 20.1. The number of carbonyl (C=O) groups is 2. The van der Waals surface area contributed by atoms with Gasteiger partial charge in [-0.15, -0.1) is 0 Å². The van der Waals surface area contributed by atoms with Gasteiger partial charge in [0.1, 0.15) is 29.1 Å². The van der Waals surface area contributed by atoms with Crippen molar-refractivity contribution in [3.05, 3.63) is 77.7 Å². The minimum Gasteiger partial charge on any atom is -0.388 e. The number of aromatic nitrogens is 4. The number of rotatable bonds is 11. The van der Waals surface area contributed by atoms with E-state index < -0.39 is 54.5 Å². The number of anilines is 5. The number of aliphatic hydroxyl groups is 2. The van der Waals surface area contributed by atoms with Crippen LogP contribution in [0.2, 0.25) is 0 Å². The number of pyridine rings is 4. The van der Waals surface area contributed by atoms with Crippen LogP contribution >= 0.6 is 0 Å². The van der Waals surface area contributed by atoms with E-state index in [0.29, 0.717) is 41.1 Å². The van der Waals surface area contributed by atoms with E-state index >= 15 is 0 Å². The molecule has 408 valence electrons. The first kappa shape index (κ1) is 55.8. The molecule has 0 radical (unpaired) electrons. The van der Waals surface area contributed by atoms with Crippen molar-refractivity contribution in [3.8, 4) is 0 Å². The van der Waals surface area contributed by atoms with E-state index in [2.05, 4.69) is 45.2 Å². The van der Waals surface area contributed by atoms with E-state index in [1.807, 2.05) is 16.7 Å². The van der Waals surface area contributed by atoms with Gasteiger partial charge in [-0.25, -0.2) is 46.2 Å². The quantitative estimate of drug-likeness (QED) is 0.0925. The van der Waals surface area contributed by atoms with Crippen molar-refractivity contribution in [3.63, 3.8) is 0 Å². The average molecular weight is 1080 g/mol. The van der Waals surface area contributed by atoms with Crippen molar-refractivity contribution in [2.75, 3.05) is 77.7 Å². The van der Waals surface area contributed by atoms with Gasteiger partial charge in [-0.2, -0.15) is 4.39 Å². The summed E-state index contributed by atoms with van der Waals surface area (Å²) in [4.78, 5) is 49.7. The van der Waals surface area contributed by atoms with Crippen molar-refractivity contribution in [2.24, 2.45) is 10.8 Å². The molecule has 4 aliphatic heterocycles. The fourth-order valence-electron chi connectivity index (χ4n) is 9.59. The van der Waals surface area contributed by atoms with Gasteiger partial charge in [-0.3, -0.25) is 9.59 Å². The number of amides is 2. The fourth-order valence-corrected chi connectivity index (χ4v) is 12.4. The van der Waals surface area contributed by atoms with Crippen LogP contribution in [0.4, 0.5) is 33.5 Å². The molecule has 0 bridgehead atoms. The summed E-state index contributed by atoms with van der Waals surface area (Å²) in [6.45, 7) is 19.7. The lowest BCUT2D eigenvalue weighted by atomic mass is 9.93. The van der Waals surface area contributed by atoms with Gasteiger partial charge in [0.2, 0.25) is 5.95 Å². The summed E-state index contributed by atoms with van der Waals surface area (Å²) in [5, 5.41) is 27.0. The first-order valence-electron chi connectivity index (χ1n) is 25.6. The molecule has 2 amide bonds. The van der Waals surface area contributed by atoms with Gasteiger partial charge in [-0.05, 0) is 166 Å². The number of β-amino-alcohol motifs (C(OH)–C–C–N with tert-alkyl or cyclic N) is 2. The van der Waals surface area contributed by atoms with Gasteiger partial charge in [0.05, 0.1) is 22.3 Å². The predicted octanol–water partition coefficient (Wildman–Crippen LogP) is 5.42. The molecule has 6 aliphatic rings. The second-order valence-electron chi connectivity index (χ2n) is 23.8. The van der Waals surface area contributed by atoms with Crippen LogP contribution in [0.15, 0.2) is 70.7 Å². The summed E-state index contributed by atoms with van der Waals surface area (Å²) in [5.41, 5.74) is -0.930. The number of hydrogen-bond acceptors (Lipinski definition) is 16. The molecule has 6 fully saturated rings. The van der Waals surface area contributed by atoms with Crippen molar-refractivity contribution >= 4 is 61.0 Å². The van der Waals surface area contributed by atoms with E-state index in [1.54, 1.807) is 72.7 Å². The van der Waals surface area contributed by atoms with E-state index in [1.165, 1.54) is 56.0 Å². The van der Waals surface area contributed by atoms with E-state index in [-0.39, 0.29) is 32.9 Å². The average Bonchev–Trinajstić information content (AvgIpc) is 4.25. The van der Waals surface area contributed by atoms with Gasteiger partial charge < -0.3 is 40.9 Å². The van der Waals surface area contributed by atoms with Gasteiger partial charge in [0.25, 0.3) is 31.9 Å². The highest BCUT2D eigenvalue weighted by molar-refractivity contribution is 7.89. The Balaban J connectivity index is 0.000000180. The molecule has 0 aromatic carbocycles. The molecule has 23 heteroatoms. The zero-order chi connectivity index (χ0) is 54.4. The lowest BCUT2D eigenvalue weighted by Crippen LogP contribution is -2.60. The molecule has 20 nitrogen and oxygen atoms in total. The number of hydrogen-bond donors (Lipinski definition) is 7. The molecule has 10 rings (SSSR count). The standard InChI is InChI=1S/C26H36N6O4S.C22H28FN5O3S.C4H9NO/c1-24(2,3)30-37(35,36)21-7-5-6-19(27-21)28-23(33)18-8-9-20(32-16-25(4,34)17-32)29-22(18)31-14-12-26(10-11-26)13-15-31;1-21(2,3)27-32(30,31)18-6-4-5-17(25-18)26-20(29)15-7-8-16(23)24-19(15)28-13-11-22(9-10-22)12-14-28;1-4(6)2-5-3-4/h5-9,30,34H,10-17H2,1-4H3,(H,27,28,33);4-8,27H,9-14H2,1-3H3,(H,25,26,29);5-6H,2-3H2,1H3. The first-order chi connectivity index (χ1) is 34.9. The Labute approximate surface area is 440 Å². The number of nitrogens with one attached hydrogen (secondary N) is 5. The largest absolute Gasteiger partial charge is 0.388 e. The van der Waals surface area contributed by atoms with E-state index in [9.17, 15) is 35.9 Å². The topological polar surface area (TPSA) is 264 Å². The third kappa shape index (κ3) is 14.5. The summed E-state index contributed by atoms with van der Waals surface area (Å²) in [5.74, 6) is 0.287. The van der Waals surface area contributed by atoms with Gasteiger partial charge >= 0.3 is 0 Å². The Morgan fingerprint density at radius 3 is 1.33 bits per heavy atom. The predicted molar refractivity (Wildman–Crippen MR) is 286 cm³/mol. The smallest absolute Gasteiger partial charge is 0.260 e. The van der Waals surface area contributed by atoms with E-state index in [4.69, 9.17) is 10.1 Å².